The van der Waals surface area contributed by atoms with E-state index in [-0.39, 0.29) is 5.97 Å². The molecule has 0 amide bonds. The van der Waals surface area contributed by atoms with Gasteiger partial charge in [-0.25, -0.2) is 4.79 Å². The molecule has 1 saturated carbocycles. The van der Waals surface area contributed by atoms with Crippen molar-refractivity contribution in [1.82, 2.24) is 0 Å². The Balaban J connectivity index is 1.80. The van der Waals surface area contributed by atoms with Crippen LogP contribution in [0.3, 0.4) is 0 Å². The van der Waals surface area contributed by atoms with Crippen molar-refractivity contribution in [1.29, 1.82) is 0 Å². The molecule has 0 spiro atoms. The molecule has 120 valence electrons. The standard InChI is InChI=1S/C20H28O2/c1-14-6-9-17-19(2,3)10-5-11-20(17,4)16(14)8-7-15-12-18(21)22-13-15/h6,9,12,16-17H,1,5,7-8,10-11,13H2,2-4H3/t16-,17-,20+/m1/s1. The first-order valence-electron chi connectivity index (χ1n) is 8.56. The Morgan fingerprint density at radius 2 is 2.09 bits per heavy atom. The van der Waals surface area contributed by atoms with Gasteiger partial charge in [0.2, 0.25) is 0 Å². The Kier molecular flexibility index (Phi) is 3.82. The van der Waals surface area contributed by atoms with Crippen LogP contribution in [-0.4, -0.2) is 12.6 Å². The number of esters is 1. The molecule has 1 aliphatic heterocycles. The first-order valence-corrected chi connectivity index (χ1v) is 8.56. The zero-order valence-electron chi connectivity index (χ0n) is 14.2. The van der Waals surface area contributed by atoms with Gasteiger partial charge < -0.3 is 4.74 Å². The van der Waals surface area contributed by atoms with E-state index in [0.717, 1.165) is 18.4 Å². The van der Waals surface area contributed by atoms with Crippen LogP contribution in [0.15, 0.2) is 36.0 Å². The lowest BCUT2D eigenvalue weighted by Gasteiger charge is -2.55. The predicted molar refractivity (Wildman–Crippen MR) is 89.3 cm³/mol. The Morgan fingerprint density at radius 1 is 1.32 bits per heavy atom. The Hall–Kier alpha value is -1.31. The van der Waals surface area contributed by atoms with E-state index in [4.69, 9.17) is 4.74 Å². The molecule has 1 heterocycles. The molecule has 2 nitrogen and oxygen atoms in total. The smallest absolute Gasteiger partial charge is 0.331 e. The third kappa shape index (κ3) is 2.57. The summed E-state index contributed by atoms with van der Waals surface area (Å²) in [5.74, 6) is 0.957. The zero-order chi connectivity index (χ0) is 16.0. The number of carbonyl (C=O) groups is 1. The zero-order valence-corrected chi connectivity index (χ0v) is 14.2. The van der Waals surface area contributed by atoms with Gasteiger partial charge >= 0.3 is 5.97 Å². The summed E-state index contributed by atoms with van der Waals surface area (Å²) in [6, 6.07) is 0. The van der Waals surface area contributed by atoms with Crippen LogP contribution in [0.4, 0.5) is 0 Å². The van der Waals surface area contributed by atoms with Gasteiger partial charge in [0.15, 0.2) is 0 Å². The summed E-state index contributed by atoms with van der Waals surface area (Å²) < 4.78 is 5.03. The minimum atomic E-state index is -0.180. The van der Waals surface area contributed by atoms with E-state index in [9.17, 15) is 4.79 Å². The van der Waals surface area contributed by atoms with Crippen LogP contribution >= 0.6 is 0 Å². The van der Waals surface area contributed by atoms with Gasteiger partial charge in [-0.3, -0.25) is 0 Å². The van der Waals surface area contributed by atoms with Crippen molar-refractivity contribution in [3.63, 3.8) is 0 Å². The van der Waals surface area contributed by atoms with E-state index < -0.39 is 0 Å². The van der Waals surface area contributed by atoms with E-state index in [1.54, 1.807) is 6.08 Å². The molecule has 0 saturated heterocycles. The highest BCUT2D eigenvalue weighted by molar-refractivity contribution is 5.85. The molecule has 3 atom stereocenters. The first kappa shape index (κ1) is 15.6. The largest absolute Gasteiger partial charge is 0.458 e. The van der Waals surface area contributed by atoms with Crippen LogP contribution in [0.5, 0.6) is 0 Å². The van der Waals surface area contributed by atoms with Gasteiger partial charge in [-0.15, -0.1) is 0 Å². The summed E-state index contributed by atoms with van der Waals surface area (Å²) in [5.41, 5.74) is 3.08. The van der Waals surface area contributed by atoms with Gasteiger partial charge in [0, 0.05) is 6.08 Å². The highest BCUT2D eigenvalue weighted by Gasteiger charge is 2.50. The monoisotopic (exact) mass is 300 g/mol. The summed E-state index contributed by atoms with van der Waals surface area (Å²) >= 11 is 0. The maximum atomic E-state index is 11.2. The molecule has 0 aromatic heterocycles. The van der Waals surface area contributed by atoms with E-state index in [1.165, 1.54) is 24.8 Å². The summed E-state index contributed by atoms with van der Waals surface area (Å²) in [6.07, 6.45) is 12.3. The molecule has 3 aliphatic rings. The maximum absolute atomic E-state index is 11.2. The third-order valence-corrected chi connectivity index (χ3v) is 6.31. The molecule has 0 aromatic rings. The average molecular weight is 300 g/mol. The van der Waals surface area contributed by atoms with Crippen molar-refractivity contribution in [3.05, 3.63) is 36.0 Å². The lowest BCUT2D eigenvalue weighted by Crippen LogP contribution is -2.47. The Labute approximate surface area is 134 Å². The number of hydrogen-bond acceptors (Lipinski definition) is 2. The van der Waals surface area contributed by atoms with Crippen molar-refractivity contribution in [2.45, 2.75) is 52.9 Å². The van der Waals surface area contributed by atoms with Gasteiger partial charge in [0.05, 0.1) is 0 Å². The SMILES string of the molecule is C=C1C=C[C@@H]2C(C)(C)CCC[C@@]2(C)[C@@H]1CCC1=CC(=O)OC1. The first-order chi connectivity index (χ1) is 10.3. The van der Waals surface area contributed by atoms with Gasteiger partial charge in [-0.1, -0.05) is 51.5 Å². The molecular weight excluding hydrogens is 272 g/mol. The van der Waals surface area contributed by atoms with Crippen LogP contribution in [0.2, 0.25) is 0 Å². The maximum Gasteiger partial charge on any atom is 0.331 e. The van der Waals surface area contributed by atoms with Crippen LogP contribution in [0, 0.1) is 22.7 Å². The van der Waals surface area contributed by atoms with Crippen molar-refractivity contribution in [3.8, 4) is 0 Å². The Bertz CT molecular complexity index is 552. The highest BCUT2D eigenvalue weighted by atomic mass is 16.5. The lowest BCUT2D eigenvalue weighted by molar-refractivity contribution is -0.134. The van der Waals surface area contributed by atoms with E-state index in [1.807, 2.05) is 0 Å². The molecule has 0 bridgehead atoms. The molecule has 0 radical (unpaired) electrons. The van der Waals surface area contributed by atoms with Crippen LogP contribution < -0.4 is 0 Å². The molecule has 1 fully saturated rings. The molecule has 2 heteroatoms. The van der Waals surface area contributed by atoms with Crippen LogP contribution in [0.1, 0.15) is 52.9 Å². The van der Waals surface area contributed by atoms with Crippen molar-refractivity contribution in [2.75, 3.05) is 6.61 Å². The van der Waals surface area contributed by atoms with Gasteiger partial charge in [-0.2, -0.15) is 0 Å². The molecule has 0 unspecified atom stereocenters. The minimum absolute atomic E-state index is 0.180. The highest BCUT2D eigenvalue weighted by Crippen LogP contribution is 2.59. The fourth-order valence-electron chi connectivity index (χ4n) is 5.16. The van der Waals surface area contributed by atoms with Crippen molar-refractivity contribution in [2.24, 2.45) is 22.7 Å². The number of cyclic esters (lactones) is 1. The molecule has 0 N–H and O–H groups in total. The average Bonchev–Trinajstić information content (AvgIpc) is 2.82. The van der Waals surface area contributed by atoms with Crippen molar-refractivity contribution >= 4 is 5.97 Å². The Morgan fingerprint density at radius 3 is 2.77 bits per heavy atom. The number of hydrogen-bond donors (Lipinski definition) is 0. The van der Waals surface area contributed by atoms with Crippen LogP contribution in [0.25, 0.3) is 0 Å². The fourth-order valence-corrected chi connectivity index (χ4v) is 5.16. The molecule has 22 heavy (non-hydrogen) atoms. The lowest BCUT2D eigenvalue weighted by atomic mass is 9.49. The normalized spacial score (nSPS) is 36.8. The van der Waals surface area contributed by atoms with Crippen LogP contribution in [-0.2, 0) is 9.53 Å². The second-order valence-electron chi connectivity index (χ2n) is 8.26. The molecule has 3 rings (SSSR count). The summed E-state index contributed by atoms with van der Waals surface area (Å²) in [5, 5.41) is 0. The quantitative estimate of drug-likeness (QED) is 0.698. The molecular formula is C20H28O2. The second-order valence-corrected chi connectivity index (χ2v) is 8.26. The number of carbonyl (C=O) groups excluding carboxylic acids is 1. The number of allylic oxidation sites excluding steroid dienone is 3. The number of ether oxygens (including phenoxy) is 1. The molecule has 2 aliphatic carbocycles. The minimum Gasteiger partial charge on any atom is -0.458 e. The van der Waals surface area contributed by atoms with E-state index in [2.05, 4.69) is 39.5 Å². The number of rotatable bonds is 3. The number of fused-ring (bicyclic) bond motifs is 1. The summed E-state index contributed by atoms with van der Waals surface area (Å²) in [7, 11) is 0. The van der Waals surface area contributed by atoms with E-state index >= 15 is 0 Å². The predicted octanol–water partition coefficient (Wildman–Crippen LogP) is 4.82. The van der Waals surface area contributed by atoms with Gasteiger partial charge in [-0.05, 0) is 53.9 Å². The molecule has 0 aromatic carbocycles. The fraction of sp³-hybridized carbons (Fsp3) is 0.650. The summed E-state index contributed by atoms with van der Waals surface area (Å²) in [4.78, 5) is 11.2. The summed E-state index contributed by atoms with van der Waals surface area (Å²) in [6.45, 7) is 12.1. The van der Waals surface area contributed by atoms with Gasteiger partial charge in [0.1, 0.15) is 6.61 Å². The second kappa shape index (κ2) is 5.40. The van der Waals surface area contributed by atoms with E-state index in [0.29, 0.717) is 29.3 Å². The topological polar surface area (TPSA) is 26.3 Å². The van der Waals surface area contributed by atoms with Crippen molar-refractivity contribution < 1.29 is 9.53 Å². The third-order valence-electron chi connectivity index (χ3n) is 6.31. The van der Waals surface area contributed by atoms with Gasteiger partial charge in [0.25, 0.3) is 0 Å².